The summed E-state index contributed by atoms with van der Waals surface area (Å²) in [5.74, 6) is 0.350. The van der Waals surface area contributed by atoms with Crippen LogP contribution in [0, 0.1) is 0 Å². The van der Waals surface area contributed by atoms with Crippen LogP contribution in [0.15, 0.2) is 36.4 Å². The number of nitrogens with two attached hydrogens (primary N) is 1. The van der Waals surface area contributed by atoms with E-state index in [1.165, 1.54) is 0 Å². The summed E-state index contributed by atoms with van der Waals surface area (Å²) in [5.41, 5.74) is 8.60. The third kappa shape index (κ3) is 2.69. The highest BCUT2D eigenvalue weighted by atomic mass is 35.5. The number of hydrogen-bond acceptors (Lipinski definition) is 3. The maximum atomic E-state index is 11.2. The molecule has 0 saturated carbocycles. The van der Waals surface area contributed by atoms with Gasteiger partial charge in [0.25, 0.3) is 0 Å². The summed E-state index contributed by atoms with van der Waals surface area (Å²) in [6.45, 7) is 6.18. The van der Waals surface area contributed by atoms with Gasteiger partial charge in [-0.15, -0.1) is 0 Å². The number of nitrogens with zero attached hydrogens (tertiary/aromatic N) is 2. The fourth-order valence-electron chi connectivity index (χ4n) is 1.80. The lowest BCUT2D eigenvalue weighted by Gasteiger charge is -2.02. The summed E-state index contributed by atoms with van der Waals surface area (Å²) >= 11 is 5.85. The van der Waals surface area contributed by atoms with Gasteiger partial charge in [0.05, 0.1) is 12.1 Å². The molecular weight excluding hydrogens is 262 g/mol. The number of rotatable bonds is 4. The Bertz CT molecular complexity index is 629. The van der Waals surface area contributed by atoms with Crippen LogP contribution in [0.3, 0.4) is 0 Å². The number of halogens is 1. The number of aldehydes is 1. The smallest absolute Gasteiger partial charge is 0.156 e. The van der Waals surface area contributed by atoms with E-state index >= 15 is 0 Å². The minimum Gasteiger partial charge on any atom is -0.383 e. The molecule has 2 aromatic rings. The standard InChI is InChI=1S/C14H14ClN3O/c1-9(2)7-18-14(16)12(8-19)13(17-18)10-3-5-11(15)6-4-10/h3-6,8H,1,7,16H2,2H3. The summed E-state index contributed by atoms with van der Waals surface area (Å²) in [4.78, 5) is 11.2. The van der Waals surface area contributed by atoms with Crippen molar-refractivity contribution < 1.29 is 4.79 Å². The summed E-state index contributed by atoms with van der Waals surface area (Å²) in [6, 6.07) is 7.11. The zero-order chi connectivity index (χ0) is 14.0. The van der Waals surface area contributed by atoms with E-state index in [0.29, 0.717) is 28.6 Å². The largest absolute Gasteiger partial charge is 0.383 e. The minimum atomic E-state index is 0.350. The van der Waals surface area contributed by atoms with Crippen molar-refractivity contribution in [1.82, 2.24) is 9.78 Å². The Kier molecular flexibility index (Phi) is 3.71. The Morgan fingerprint density at radius 1 is 1.47 bits per heavy atom. The first-order chi connectivity index (χ1) is 9.02. The van der Waals surface area contributed by atoms with Gasteiger partial charge in [-0.05, 0) is 19.1 Å². The van der Waals surface area contributed by atoms with E-state index in [2.05, 4.69) is 11.7 Å². The van der Waals surface area contributed by atoms with Crippen molar-refractivity contribution in [2.24, 2.45) is 0 Å². The normalized spacial score (nSPS) is 10.4. The number of nitrogen functional groups attached to an aromatic ring is 1. The number of allylic oxidation sites excluding steroid dienone is 1. The summed E-state index contributed by atoms with van der Waals surface area (Å²) in [5, 5.41) is 5.01. The van der Waals surface area contributed by atoms with Crippen LogP contribution in [-0.2, 0) is 6.54 Å². The molecule has 4 nitrogen and oxygen atoms in total. The molecule has 0 bridgehead atoms. The Hall–Kier alpha value is -2.07. The van der Waals surface area contributed by atoms with Gasteiger partial charge in [-0.25, -0.2) is 4.68 Å². The van der Waals surface area contributed by atoms with Crippen LogP contribution in [0.25, 0.3) is 11.3 Å². The lowest BCUT2D eigenvalue weighted by molar-refractivity contribution is 0.112. The molecule has 0 saturated heterocycles. The van der Waals surface area contributed by atoms with Crippen LogP contribution >= 0.6 is 11.6 Å². The van der Waals surface area contributed by atoms with Crippen molar-refractivity contribution in [3.05, 3.63) is 47.0 Å². The third-order valence-corrected chi connectivity index (χ3v) is 2.94. The van der Waals surface area contributed by atoms with Gasteiger partial charge in [0, 0.05) is 10.6 Å². The number of anilines is 1. The first-order valence-electron chi connectivity index (χ1n) is 5.74. The number of carbonyl (C=O) groups excluding carboxylic acids is 1. The maximum Gasteiger partial charge on any atom is 0.156 e. The van der Waals surface area contributed by atoms with Crippen molar-refractivity contribution in [1.29, 1.82) is 0 Å². The van der Waals surface area contributed by atoms with Crippen LogP contribution in [-0.4, -0.2) is 16.1 Å². The fraction of sp³-hybridized carbons (Fsp3) is 0.143. The number of hydrogen-bond donors (Lipinski definition) is 1. The molecule has 0 unspecified atom stereocenters. The van der Waals surface area contributed by atoms with Gasteiger partial charge in [0.15, 0.2) is 6.29 Å². The summed E-state index contributed by atoms with van der Waals surface area (Å²) < 4.78 is 1.58. The molecular formula is C14H14ClN3O. The molecule has 0 aliphatic rings. The number of aromatic nitrogens is 2. The zero-order valence-corrected chi connectivity index (χ0v) is 11.3. The lowest BCUT2D eigenvalue weighted by atomic mass is 10.1. The monoisotopic (exact) mass is 275 g/mol. The molecule has 0 fully saturated rings. The Morgan fingerprint density at radius 3 is 2.63 bits per heavy atom. The SMILES string of the molecule is C=C(C)Cn1nc(-c2ccc(Cl)cc2)c(C=O)c1N. The highest BCUT2D eigenvalue weighted by Crippen LogP contribution is 2.27. The van der Waals surface area contributed by atoms with Crippen molar-refractivity contribution >= 4 is 23.7 Å². The Morgan fingerprint density at radius 2 is 2.11 bits per heavy atom. The van der Waals surface area contributed by atoms with Crippen LogP contribution in [0.2, 0.25) is 5.02 Å². The van der Waals surface area contributed by atoms with Crippen LogP contribution < -0.4 is 5.73 Å². The average Bonchev–Trinajstić information content (AvgIpc) is 2.66. The molecule has 0 aliphatic heterocycles. The van der Waals surface area contributed by atoms with Crippen molar-refractivity contribution in [3.63, 3.8) is 0 Å². The quantitative estimate of drug-likeness (QED) is 0.689. The number of benzene rings is 1. The molecule has 0 amide bonds. The Labute approximate surface area is 116 Å². The molecule has 2 rings (SSSR count). The maximum absolute atomic E-state index is 11.2. The molecule has 0 atom stereocenters. The molecule has 1 aromatic heterocycles. The van der Waals surface area contributed by atoms with E-state index < -0.39 is 0 Å². The van der Waals surface area contributed by atoms with E-state index in [1.807, 2.05) is 19.1 Å². The molecule has 19 heavy (non-hydrogen) atoms. The molecule has 0 aliphatic carbocycles. The van der Waals surface area contributed by atoms with Gasteiger partial charge in [-0.1, -0.05) is 35.9 Å². The van der Waals surface area contributed by atoms with Gasteiger partial charge in [0.1, 0.15) is 11.5 Å². The third-order valence-electron chi connectivity index (χ3n) is 2.69. The van der Waals surface area contributed by atoms with E-state index in [1.54, 1.807) is 16.8 Å². The topological polar surface area (TPSA) is 60.9 Å². The predicted octanol–water partition coefficient (Wildman–Crippen LogP) is 3.17. The van der Waals surface area contributed by atoms with E-state index in [-0.39, 0.29) is 0 Å². The van der Waals surface area contributed by atoms with Crippen LogP contribution in [0.4, 0.5) is 5.82 Å². The predicted molar refractivity (Wildman–Crippen MR) is 77.3 cm³/mol. The first kappa shape index (κ1) is 13.4. The van der Waals surface area contributed by atoms with Crippen LogP contribution in [0.1, 0.15) is 17.3 Å². The zero-order valence-electron chi connectivity index (χ0n) is 10.6. The highest BCUT2D eigenvalue weighted by Gasteiger charge is 2.16. The lowest BCUT2D eigenvalue weighted by Crippen LogP contribution is -2.05. The van der Waals surface area contributed by atoms with Gasteiger partial charge in [-0.2, -0.15) is 5.10 Å². The molecule has 1 heterocycles. The van der Waals surface area contributed by atoms with E-state index in [9.17, 15) is 4.79 Å². The van der Waals surface area contributed by atoms with Gasteiger partial charge >= 0.3 is 0 Å². The summed E-state index contributed by atoms with van der Waals surface area (Å²) in [6.07, 6.45) is 0.723. The van der Waals surface area contributed by atoms with Gasteiger partial charge < -0.3 is 5.73 Å². The van der Waals surface area contributed by atoms with Gasteiger partial charge in [0.2, 0.25) is 0 Å². The molecule has 98 valence electrons. The second kappa shape index (κ2) is 5.28. The molecule has 0 radical (unpaired) electrons. The highest BCUT2D eigenvalue weighted by molar-refractivity contribution is 6.30. The average molecular weight is 276 g/mol. The molecule has 1 aromatic carbocycles. The molecule has 2 N–H and O–H groups in total. The molecule has 0 spiro atoms. The van der Waals surface area contributed by atoms with Gasteiger partial charge in [-0.3, -0.25) is 4.79 Å². The number of carbonyl (C=O) groups is 1. The van der Waals surface area contributed by atoms with E-state index in [0.717, 1.165) is 17.4 Å². The van der Waals surface area contributed by atoms with Crippen LogP contribution in [0.5, 0.6) is 0 Å². The fourth-order valence-corrected chi connectivity index (χ4v) is 1.93. The van der Waals surface area contributed by atoms with E-state index in [4.69, 9.17) is 17.3 Å². The second-order valence-electron chi connectivity index (χ2n) is 4.39. The summed E-state index contributed by atoms with van der Waals surface area (Å²) in [7, 11) is 0. The second-order valence-corrected chi connectivity index (χ2v) is 4.82. The first-order valence-corrected chi connectivity index (χ1v) is 6.12. The minimum absolute atomic E-state index is 0.350. The Balaban J connectivity index is 2.53. The van der Waals surface area contributed by atoms with Crippen molar-refractivity contribution in [2.75, 3.05) is 5.73 Å². The molecule has 5 heteroatoms. The van der Waals surface area contributed by atoms with Crippen molar-refractivity contribution in [3.8, 4) is 11.3 Å². The van der Waals surface area contributed by atoms with Crippen molar-refractivity contribution in [2.45, 2.75) is 13.5 Å².